The number of rotatable bonds is 1. The van der Waals surface area contributed by atoms with E-state index in [1.807, 2.05) is 6.07 Å². The molecular formula is C13H8N2O4. The summed E-state index contributed by atoms with van der Waals surface area (Å²) in [5.41, 5.74) is 0.725. The first kappa shape index (κ1) is 11.2. The first-order valence-electron chi connectivity index (χ1n) is 5.47. The third-order valence-corrected chi connectivity index (χ3v) is 2.79. The lowest BCUT2D eigenvalue weighted by Crippen LogP contribution is -2.13. The number of carbonyl (C=O) groups is 1. The third-order valence-electron chi connectivity index (χ3n) is 2.79. The molecule has 0 spiro atoms. The molecule has 19 heavy (non-hydrogen) atoms. The Hall–Kier alpha value is -2.89. The number of aromatic amines is 1. The van der Waals surface area contributed by atoms with Crippen LogP contribution < -0.4 is 10.2 Å². The Labute approximate surface area is 106 Å². The zero-order valence-corrected chi connectivity index (χ0v) is 9.58. The minimum absolute atomic E-state index is 0.254. The van der Waals surface area contributed by atoms with Crippen molar-refractivity contribution in [3.05, 3.63) is 46.9 Å². The summed E-state index contributed by atoms with van der Waals surface area (Å²) < 4.78 is 4.42. The van der Waals surface area contributed by atoms with E-state index in [4.69, 9.17) is 5.11 Å². The zero-order chi connectivity index (χ0) is 13.4. The number of nitrogens with zero attached hydrogens (tertiary/aromatic N) is 1. The quantitative estimate of drug-likeness (QED) is 0.514. The van der Waals surface area contributed by atoms with Gasteiger partial charge in [0.1, 0.15) is 0 Å². The predicted molar refractivity (Wildman–Crippen MR) is 68.5 cm³/mol. The molecule has 0 radical (unpaired) electrons. The van der Waals surface area contributed by atoms with E-state index in [0.717, 1.165) is 5.39 Å². The van der Waals surface area contributed by atoms with E-state index in [1.165, 1.54) is 6.20 Å². The molecule has 0 atom stereocenters. The van der Waals surface area contributed by atoms with E-state index in [-0.39, 0.29) is 5.75 Å². The molecule has 0 bridgehead atoms. The Morgan fingerprint density at radius 1 is 1.32 bits per heavy atom. The van der Waals surface area contributed by atoms with Crippen molar-refractivity contribution >= 4 is 28.0 Å². The number of pyridine rings is 2. The molecule has 2 aromatic heterocycles. The van der Waals surface area contributed by atoms with E-state index < -0.39 is 11.6 Å². The normalized spacial score (nSPS) is 10.7. The highest BCUT2D eigenvalue weighted by Crippen LogP contribution is 2.20. The average Bonchev–Trinajstić information content (AvgIpc) is 2.41. The summed E-state index contributed by atoms with van der Waals surface area (Å²) in [6, 6.07) is 7.05. The van der Waals surface area contributed by atoms with E-state index in [9.17, 15) is 9.59 Å². The number of aromatic nitrogens is 2. The summed E-state index contributed by atoms with van der Waals surface area (Å²) in [5, 5.41) is 9.77. The number of H-pyrrole nitrogens is 1. The lowest BCUT2D eigenvalue weighted by Gasteiger charge is -2.04. The first-order chi connectivity index (χ1) is 9.16. The highest BCUT2D eigenvalue weighted by molar-refractivity contribution is 6.02. The minimum atomic E-state index is -1.52. The molecule has 94 valence electrons. The van der Waals surface area contributed by atoms with Crippen LogP contribution in [-0.4, -0.2) is 21.2 Å². The fourth-order valence-corrected chi connectivity index (χ4v) is 1.99. The SMILES string of the molecule is O=C(O)Oc1c[nH]c2c(ccc3cccnc32)c1=O. The van der Waals surface area contributed by atoms with Crippen molar-refractivity contribution < 1.29 is 14.6 Å². The van der Waals surface area contributed by atoms with Gasteiger partial charge in [-0.2, -0.15) is 0 Å². The standard InChI is InChI=1S/C13H8N2O4/c16-12-8-4-3-7-2-1-5-14-10(7)11(8)15-6-9(12)19-13(17)18/h1-6H,(H,15,16)(H,17,18). The molecule has 3 rings (SSSR count). The van der Waals surface area contributed by atoms with Crippen molar-refractivity contribution in [2.45, 2.75) is 0 Å². The second-order valence-electron chi connectivity index (χ2n) is 3.91. The summed E-state index contributed by atoms with van der Waals surface area (Å²) in [5.74, 6) is -0.254. The fraction of sp³-hybridized carbons (Fsp3) is 0. The Morgan fingerprint density at radius 3 is 2.95 bits per heavy atom. The lowest BCUT2D eigenvalue weighted by atomic mass is 10.1. The maximum Gasteiger partial charge on any atom is 0.511 e. The molecular weight excluding hydrogens is 248 g/mol. The summed E-state index contributed by atoms with van der Waals surface area (Å²) in [4.78, 5) is 29.6. The molecule has 2 N–H and O–H groups in total. The highest BCUT2D eigenvalue weighted by Gasteiger charge is 2.11. The van der Waals surface area contributed by atoms with Gasteiger partial charge in [0.15, 0.2) is 5.75 Å². The van der Waals surface area contributed by atoms with Gasteiger partial charge in [-0.3, -0.25) is 9.78 Å². The van der Waals surface area contributed by atoms with Gasteiger partial charge in [-0.15, -0.1) is 0 Å². The molecule has 0 aliphatic heterocycles. The number of nitrogens with one attached hydrogen (secondary N) is 1. The second kappa shape index (κ2) is 4.09. The van der Waals surface area contributed by atoms with Crippen LogP contribution in [0.1, 0.15) is 0 Å². The highest BCUT2D eigenvalue weighted by atomic mass is 16.7. The summed E-state index contributed by atoms with van der Waals surface area (Å²) >= 11 is 0. The van der Waals surface area contributed by atoms with Crippen LogP contribution in [0.25, 0.3) is 21.8 Å². The van der Waals surface area contributed by atoms with Crippen molar-refractivity contribution in [2.75, 3.05) is 0 Å². The molecule has 6 nitrogen and oxygen atoms in total. The molecule has 2 heterocycles. The number of carboxylic acid groups (broad SMARTS) is 1. The van der Waals surface area contributed by atoms with Gasteiger partial charge in [-0.25, -0.2) is 4.79 Å². The Morgan fingerprint density at radius 2 is 2.16 bits per heavy atom. The Balaban J connectivity index is 2.36. The number of benzene rings is 1. The zero-order valence-electron chi connectivity index (χ0n) is 9.58. The minimum Gasteiger partial charge on any atom is -0.449 e. The van der Waals surface area contributed by atoms with E-state index >= 15 is 0 Å². The van der Waals surface area contributed by atoms with Gasteiger partial charge in [0.05, 0.1) is 16.4 Å². The number of ether oxygens (including phenoxy) is 1. The predicted octanol–water partition coefficient (Wildman–Crippen LogP) is 2.13. The monoisotopic (exact) mass is 256 g/mol. The molecule has 0 saturated heterocycles. The van der Waals surface area contributed by atoms with Crippen molar-refractivity contribution in [1.29, 1.82) is 0 Å². The van der Waals surface area contributed by atoms with Crippen molar-refractivity contribution in [2.24, 2.45) is 0 Å². The summed E-state index contributed by atoms with van der Waals surface area (Å²) in [7, 11) is 0. The van der Waals surface area contributed by atoms with Gasteiger partial charge in [-0.05, 0) is 12.1 Å². The van der Waals surface area contributed by atoms with Crippen molar-refractivity contribution in [1.82, 2.24) is 9.97 Å². The molecule has 0 saturated carbocycles. The maximum atomic E-state index is 12.1. The lowest BCUT2D eigenvalue weighted by molar-refractivity contribution is 0.144. The van der Waals surface area contributed by atoms with E-state index in [0.29, 0.717) is 16.4 Å². The fourth-order valence-electron chi connectivity index (χ4n) is 1.99. The Kier molecular flexibility index (Phi) is 2.42. The van der Waals surface area contributed by atoms with Crippen LogP contribution in [0, 0.1) is 0 Å². The molecule has 3 aromatic rings. The molecule has 0 aliphatic carbocycles. The van der Waals surface area contributed by atoms with Gasteiger partial charge < -0.3 is 14.8 Å². The van der Waals surface area contributed by atoms with Crippen LogP contribution in [0.4, 0.5) is 4.79 Å². The Bertz CT molecular complexity index is 854. The van der Waals surface area contributed by atoms with Crippen LogP contribution in [0.15, 0.2) is 41.5 Å². The summed E-state index contributed by atoms with van der Waals surface area (Å²) in [6.45, 7) is 0. The molecule has 0 amide bonds. The van der Waals surface area contributed by atoms with Crippen molar-refractivity contribution in [3.8, 4) is 5.75 Å². The maximum absolute atomic E-state index is 12.1. The van der Waals surface area contributed by atoms with Crippen molar-refractivity contribution in [3.63, 3.8) is 0 Å². The molecule has 1 aromatic carbocycles. The van der Waals surface area contributed by atoms with Gasteiger partial charge >= 0.3 is 6.16 Å². The summed E-state index contributed by atoms with van der Waals surface area (Å²) in [6.07, 6.45) is 1.33. The smallest absolute Gasteiger partial charge is 0.449 e. The molecule has 6 heteroatoms. The molecule has 0 fully saturated rings. The average molecular weight is 256 g/mol. The van der Waals surface area contributed by atoms with Crippen LogP contribution in [0.2, 0.25) is 0 Å². The van der Waals surface area contributed by atoms with Gasteiger partial charge in [-0.1, -0.05) is 12.1 Å². The van der Waals surface area contributed by atoms with Gasteiger partial charge in [0.25, 0.3) is 0 Å². The number of hydrogen-bond donors (Lipinski definition) is 2. The topological polar surface area (TPSA) is 92.3 Å². The second-order valence-corrected chi connectivity index (χ2v) is 3.91. The van der Waals surface area contributed by atoms with Crippen LogP contribution >= 0.6 is 0 Å². The van der Waals surface area contributed by atoms with E-state index in [1.54, 1.807) is 24.4 Å². The first-order valence-corrected chi connectivity index (χ1v) is 5.47. The number of hydrogen-bond acceptors (Lipinski definition) is 4. The van der Waals surface area contributed by atoms with E-state index in [2.05, 4.69) is 14.7 Å². The van der Waals surface area contributed by atoms with Crippen LogP contribution in [0.3, 0.4) is 0 Å². The molecule has 0 aliphatic rings. The molecule has 0 unspecified atom stereocenters. The van der Waals surface area contributed by atoms with Crippen LogP contribution in [-0.2, 0) is 0 Å². The van der Waals surface area contributed by atoms with Gasteiger partial charge in [0.2, 0.25) is 5.43 Å². The van der Waals surface area contributed by atoms with Gasteiger partial charge in [0, 0.05) is 17.8 Å². The largest absolute Gasteiger partial charge is 0.511 e. The number of fused-ring (bicyclic) bond motifs is 3. The van der Waals surface area contributed by atoms with Crippen LogP contribution in [0.5, 0.6) is 5.75 Å². The third kappa shape index (κ3) is 1.79.